The Kier molecular flexibility index (Phi) is 3.16. The second-order valence-electron chi connectivity index (χ2n) is 3.28. The number of halogens is 1. The molecule has 0 bridgehead atoms. The lowest BCUT2D eigenvalue weighted by Crippen LogP contribution is -2.11. The standard InChI is InChI=1S/C11H10BrNO2/c12-9-5-8(6-13-7-9)11(14)10-3-1-2-4-15-10/h3,5-7H,1-2,4H2. The number of hydrogen-bond donors (Lipinski definition) is 0. The van der Waals surface area contributed by atoms with Crippen LogP contribution in [0, 0.1) is 0 Å². The third-order valence-electron chi connectivity index (χ3n) is 2.13. The van der Waals surface area contributed by atoms with Gasteiger partial charge in [0.25, 0.3) is 0 Å². The van der Waals surface area contributed by atoms with Gasteiger partial charge < -0.3 is 4.74 Å². The number of ketones is 1. The molecule has 1 aromatic rings. The highest BCUT2D eigenvalue weighted by atomic mass is 79.9. The zero-order chi connectivity index (χ0) is 10.7. The Bertz CT molecular complexity index is 415. The summed E-state index contributed by atoms with van der Waals surface area (Å²) in [6, 6.07) is 1.74. The van der Waals surface area contributed by atoms with Gasteiger partial charge in [0.05, 0.1) is 6.61 Å². The largest absolute Gasteiger partial charge is 0.490 e. The van der Waals surface area contributed by atoms with E-state index >= 15 is 0 Å². The molecule has 0 saturated heterocycles. The lowest BCUT2D eigenvalue weighted by molar-refractivity contribution is 0.0898. The lowest BCUT2D eigenvalue weighted by atomic mass is 10.1. The van der Waals surface area contributed by atoms with Crippen molar-refractivity contribution in [2.45, 2.75) is 12.8 Å². The Labute approximate surface area is 96.3 Å². The molecule has 15 heavy (non-hydrogen) atoms. The minimum atomic E-state index is -0.0940. The average Bonchev–Trinajstić information content (AvgIpc) is 2.29. The maximum Gasteiger partial charge on any atom is 0.228 e. The minimum absolute atomic E-state index is 0.0940. The van der Waals surface area contributed by atoms with Crippen molar-refractivity contribution in [1.29, 1.82) is 0 Å². The fourth-order valence-electron chi connectivity index (χ4n) is 1.39. The molecule has 0 atom stereocenters. The van der Waals surface area contributed by atoms with Crippen LogP contribution in [0.15, 0.2) is 34.8 Å². The van der Waals surface area contributed by atoms with Crippen molar-refractivity contribution in [3.63, 3.8) is 0 Å². The van der Waals surface area contributed by atoms with E-state index in [4.69, 9.17) is 4.74 Å². The molecule has 2 heterocycles. The molecule has 2 rings (SSSR count). The van der Waals surface area contributed by atoms with Gasteiger partial charge in [-0.1, -0.05) is 0 Å². The van der Waals surface area contributed by atoms with Crippen molar-refractivity contribution in [2.75, 3.05) is 6.61 Å². The van der Waals surface area contributed by atoms with Gasteiger partial charge in [-0.25, -0.2) is 0 Å². The van der Waals surface area contributed by atoms with Gasteiger partial charge >= 0.3 is 0 Å². The zero-order valence-electron chi connectivity index (χ0n) is 8.07. The number of pyridine rings is 1. The second-order valence-corrected chi connectivity index (χ2v) is 4.20. The molecule has 1 aromatic heterocycles. The van der Waals surface area contributed by atoms with Crippen LogP contribution in [0.25, 0.3) is 0 Å². The molecular weight excluding hydrogens is 258 g/mol. The fraction of sp³-hybridized carbons (Fsp3) is 0.273. The highest BCUT2D eigenvalue weighted by Crippen LogP contribution is 2.17. The first kappa shape index (κ1) is 10.4. The van der Waals surface area contributed by atoms with E-state index in [-0.39, 0.29) is 5.78 Å². The third-order valence-corrected chi connectivity index (χ3v) is 2.56. The number of nitrogens with zero attached hydrogens (tertiary/aromatic N) is 1. The Morgan fingerprint density at radius 3 is 3.00 bits per heavy atom. The van der Waals surface area contributed by atoms with Crippen LogP contribution in [-0.4, -0.2) is 17.4 Å². The number of aromatic nitrogens is 1. The van der Waals surface area contributed by atoms with Crippen molar-refractivity contribution < 1.29 is 9.53 Å². The Morgan fingerprint density at radius 1 is 1.47 bits per heavy atom. The molecule has 4 heteroatoms. The molecule has 0 radical (unpaired) electrons. The Balaban J connectivity index is 2.24. The summed E-state index contributed by atoms with van der Waals surface area (Å²) >= 11 is 3.28. The van der Waals surface area contributed by atoms with Crippen molar-refractivity contribution in [3.05, 3.63) is 40.3 Å². The molecule has 1 aliphatic heterocycles. The quantitative estimate of drug-likeness (QED) is 0.774. The molecule has 0 N–H and O–H groups in total. The molecule has 0 spiro atoms. The maximum atomic E-state index is 11.9. The summed E-state index contributed by atoms with van der Waals surface area (Å²) in [5, 5.41) is 0. The minimum Gasteiger partial charge on any atom is -0.490 e. The number of carbonyl (C=O) groups excluding carboxylic acids is 1. The van der Waals surface area contributed by atoms with Gasteiger partial charge in [0.15, 0.2) is 5.76 Å². The van der Waals surface area contributed by atoms with E-state index in [0.717, 1.165) is 17.3 Å². The summed E-state index contributed by atoms with van der Waals surface area (Å²) < 4.78 is 6.10. The summed E-state index contributed by atoms with van der Waals surface area (Å²) in [5.41, 5.74) is 0.553. The maximum absolute atomic E-state index is 11.9. The van der Waals surface area contributed by atoms with Gasteiger partial charge in [-0.2, -0.15) is 0 Å². The predicted molar refractivity (Wildman–Crippen MR) is 59.5 cm³/mol. The van der Waals surface area contributed by atoms with Gasteiger partial charge in [0, 0.05) is 22.4 Å². The van der Waals surface area contributed by atoms with E-state index in [1.807, 2.05) is 6.08 Å². The average molecular weight is 268 g/mol. The molecule has 3 nitrogen and oxygen atoms in total. The molecule has 0 saturated carbocycles. The monoisotopic (exact) mass is 267 g/mol. The molecule has 0 aromatic carbocycles. The number of carbonyl (C=O) groups is 1. The van der Waals surface area contributed by atoms with Crippen LogP contribution in [0.4, 0.5) is 0 Å². The Morgan fingerprint density at radius 2 is 2.33 bits per heavy atom. The molecule has 78 valence electrons. The molecule has 0 aliphatic carbocycles. The summed E-state index contributed by atoms with van der Waals surface area (Å²) in [4.78, 5) is 15.8. The van der Waals surface area contributed by atoms with Crippen molar-refractivity contribution in [2.24, 2.45) is 0 Å². The van der Waals surface area contributed by atoms with Gasteiger partial charge in [-0.3, -0.25) is 9.78 Å². The van der Waals surface area contributed by atoms with Crippen LogP contribution in [0.1, 0.15) is 23.2 Å². The number of hydrogen-bond acceptors (Lipinski definition) is 3. The zero-order valence-corrected chi connectivity index (χ0v) is 9.66. The number of rotatable bonds is 2. The highest BCUT2D eigenvalue weighted by molar-refractivity contribution is 9.10. The number of allylic oxidation sites excluding steroid dienone is 2. The van der Waals surface area contributed by atoms with Gasteiger partial charge in [0.2, 0.25) is 5.78 Å². The van der Waals surface area contributed by atoms with Crippen LogP contribution < -0.4 is 0 Å². The van der Waals surface area contributed by atoms with Crippen LogP contribution >= 0.6 is 15.9 Å². The normalized spacial score (nSPS) is 15.4. The van der Waals surface area contributed by atoms with Gasteiger partial charge in [0.1, 0.15) is 0 Å². The van der Waals surface area contributed by atoms with Gasteiger partial charge in [-0.05, 0) is 40.9 Å². The molecule has 1 aliphatic rings. The first-order valence-corrected chi connectivity index (χ1v) is 5.55. The Hall–Kier alpha value is -1.16. The van der Waals surface area contributed by atoms with Crippen LogP contribution in [0.2, 0.25) is 0 Å². The van der Waals surface area contributed by atoms with E-state index in [9.17, 15) is 4.79 Å². The van der Waals surface area contributed by atoms with Crippen LogP contribution in [0.5, 0.6) is 0 Å². The van der Waals surface area contributed by atoms with Crippen LogP contribution in [-0.2, 0) is 4.74 Å². The van der Waals surface area contributed by atoms with Crippen molar-refractivity contribution >= 4 is 21.7 Å². The highest BCUT2D eigenvalue weighted by Gasteiger charge is 2.16. The van der Waals surface area contributed by atoms with E-state index in [1.165, 1.54) is 0 Å². The smallest absolute Gasteiger partial charge is 0.228 e. The fourth-order valence-corrected chi connectivity index (χ4v) is 1.76. The molecule has 0 fully saturated rings. The van der Waals surface area contributed by atoms with Crippen molar-refractivity contribution in [3.8, 4) is 0 Å². The second kappa shape index (κ2) is 4.57. The number of ether oxygens (including phenoxy) is 1. The first-order chi connectivity index (χ1) is 7.27. The third kappa shape index (κ3) is 2.45. The van der Waals surface area contributed by atoms with E-state index in [2.05, 4.69) is 20.9 Å². The molecule has 0 amide bonds. The summed E-state index contributed by atoms with van der Waals surface area (Å²) in [6.07, 6.45) is 6.92. The molecule has 0 unspecified atom stereocenters. The summed E-state index contributed by atoms with van der Waals surface area (Å²) in [7, 11) is 0. The van der Waals surface area contributed by atoms with Gasteiger partial charge in [-0.15, -0.1) is 0 Å². The van der Waals surface area contributed by atoms with E-state index < -0.39 is 0 Å². The SMILES string of the molecule is O=C(C1=CCCCO1)c1cncc(Br)c1. The summed E-state index contributed by atoms with van der Waals surface area (Å²) in [6.45, 7) is 0.624. The lowest BCUT2D eigenvalue weighted by Gasteiger charge is -2.13. The number of Topliss-reactive ketones (excluding diaryl/α,β-unsaturated/α-hetero) is 1. The first-order valence-electron chi connectivity index (χ1n) is 4.75. The topological polar surface area (TPSA) is 39.2 Å². The van der Waals surface area contributed by atoms with E-state index in [1.54, 1.807) is 18.5 Å². The van der Waals surface area contributed by atoms with Crippen molar-refractivity contribution in [1.82, 2.24) is 4.98 Å². The van der Waals surface area contributed by atoms with Crippen LogP contribution in [0.3, 0.4) is 0 Å². The summed E-state index contributed by atoms with van der Waals surface area (Å²) in [5.74, 6) is 0.352. The molecular formula is C11H10BrNO2. The van der Waals surface area contributed by atoms with E-state index in [0.29, 0.717) is 17.9 Å². The predicted octanol–water partition coefficient (Wildman–Crippen LogP) is 2.72.